The van der Waals surface area contributed by atoms with Crippen molar-refractivity contribution in [1.29, 1.82) is 0 Å². The average molecular weight is 401 g/mol. The minimum Gasteiger partial charge on any atom is -0.393 e. The van der Waals surface area contributed by atoms with Crippen LogP contribution in [-0.2, 0) is 0 Å². The number of hydrogen-bond acceptors (Lipinski definition) is 2. The van der Waals surface area contributed by atoms with Crippen LogP contribution in [0.15, 0.2) is 11.6 Å². The summed E-state index contributed by atoms with van der Waals surface area (Å²) in [4.78, 5) is 0. The smallest absolute Gasteiger partial charge is 0.0647 e. The predicted octanol–water partition coefficient (Wildman–Crippen LogP) is 6.26. The largest absolute Gasteiger partial charge is 0.393 e. The van der Waals surface area contributed by atoms with Crippen molar-refractivity contribution >= 4 is 0 Å². The Hall–Kier alpha value is -0.340. The molecule has 4 fully saturated rings. The summed E-state index contributed by atoms with van der Waals surface area (Å²) in [6.07, 6.45) is 18.6. The quantitative estimate of drug-likeness (QED) is 0.535. The van der Waals surface area contributed by atoms with Crippen LogP contribution in [0.1, 0.15) is 104 Å². The zero-order valence-electron chi connectivity index (χ0n) is 19.1. The van der Waals surface area contributed by atoms with E-state index in [1.165, 1.54) is 64.2 Å². The molecule has 5 aliphatic carbocycles. The molecule has 29 heavy (non-hydrogen) atoms. The minimum absolute atomic E-state index is 0.0940. The van der Waals surface area contributed by atoms with Crippen LogP contribution in [0.4, 0.5) is 0 Å². The van der Waals surface area contributed by atoms with E-state index < -0.39 is 5.60 Å². The van der Waals surface area contributed by atoms with Gasteiger partial charge in [0.15, 0.2) is 0 Å². The summed E-state index contributed by atoms with van der Waals surface area (Å²) in [5.74, 6) is 4.08. The molecule has 8 atom stereocenters. The van der Waals surface area contributed by atoms with E-state index in [4.69, 9.17) is 0 Å². The van der Waals surface area contributed by atoms with Gasteiger partial charge in [0.2, 0.25) is 0 Å². The van der Waals surface area contributed by atoms with Gasteiger partial charge in [0.1, 0.15) is 0 Å². The lowest BCUT2D eigenvalue weighted by atomic mass is 9.47. The molecular weight excluding hydrogens is 356 g/mol. The molecule has 0 heterocycles. The molecule has 0 aromatic rings. The number of aliphatic hydroxyl groups excluding tert-OH is 1. The highest BCUT2D eigenvalue weighted by Crippen LogP contribution is 2.66. The van der Waals surface area contributed by atoms with Crippen LogP contribution in [0.3, 0.4) is 0 Å². The molecule has 2 heteroatoms. The van der Waals surface area contributed by atoms with E-state index in [1.807, 2.05) is 0 Å². The second kappa shape index (κ2) is 7.09. The summed E-state index contributed by atoms with van der Waals surface area (Å²) in [5.41, 5.74) is 2.09. The summed E-state index contributed by atoms with van der Waals surface area (Å²) in [6.45, 7) is 7.26. The van der Waals surface area contributed by atoms with Gasteiger partial charge in [-0.3, -0.25) is 0 Å². The molecule has 0 spiro atoms. The Labute approximate surface area is 178 Å². The molecule has 6 unspecified atom stereocenters. The van der Waals surface area contributed by atoms with Gasteiger partial charge in [-0.1, -0.05) is 31.9 Å². The molecular formula is C27H44O2. The number of fused-ring (bicyclic) bond motifs is 5. The zero-order chi connectivity index (χ0) is 20.4. The van der Waals surface area contributed by atoms with Gasteiger partial charge in [0.05, 0.1) is 11.7 Å². The van der Waals surface area contributed by atoms with E-state index in [2.05, 4.69) is 26.8 Å². The number of hydrogen-bond donors (Lipinski definition) is 2. The standard InChI is InChI=1S/C27H44O2/c1-25-16-13-24-22(10-8-20-17-21(28)12-15-26(20,24)2)23(25)11-9-18(25)5-4-14-27(3,29)19-6-7-19/h8,18-19,21-24,28-29H,4-7,9-17H2,1-3H3/t18?,21?,22-,23?,24?,25?,26?,27+/m0/s1. The van der Waals surface area contributed by atoms with Gasteiger partial charge in [0, 0.05) is 0 Å². The van der Waals surface area contributed by atoms with Crippen molar-refractivity contribution in [3.8, 4) is 0 Å². The average Bonchev–Trinajstić information content (AvgIpc) is 3.47. The summed E-state index contributed by atoms with van der Waals surface area (Å²) in [5, 5.41) is 20.9. The van der Waals surface area contributed by atoms with Crippen LogP contribution in [0.25, 0.3) is 0 Å². The van der Waals surface area contributed by atoms with E-state index >= 15 is 0 Å². The molecule has 4 saturated carbocycles. The van der Waals surface area contributed by atoms with Gasteiger partial charge in [-0.05, 0) is 124 Å². The number of rotatable bonds is 5. The van der Waals surface area contributed by atoms with Gasteiger partial charge in [-0.2, -0.15) is 0 Å². The van der Waals surface area contributed by atoms with E-state index in [0.29, 0.717) is 16.7 Å². The molecule has 5 rings (SSSR count). The molecule has 164 valence electrons. The van der Waals surface area contributed by atoms with Gasteiger partial charge >= 0.3 is 0 Å². The lowest BCUT2D eigenvalue weighted by Crippen LogP contribution is -2.50. The number of aliphatic hydroxyl groups is 2. The molecule has 0 saturated heterocycles. The van der Waals surface area contributed by atoms with Crippen molar-refractivity contribution in [1.82, 2.24) is 0 Å². The van der Waals surface area contributed by atoms with Crippen molar-refractivity contribution in [3.05, 3.63) is 11.6 Å². The van der Waals surface area contributed by atoms with Gasteiger partial charge < -0.3 is 10.2 Å². The highest BCUT2D eigenvalue weighted by atomic mass is 16.3. The monoisotopic (exact) mass is 400 g/mol. The molecule has 0 radical (unpaired) electrons. The highest BCUT2D eigenvalue weighted by Gasteiger charge is 2.58. The summed E-state index contributed by atoms with van der Waals surface area (Å²) in [7, 11) is 0. The van der Waals surface area contributed by atoms with Crippen molar-refractivity contribution in [2.45, 2.75) is 116 Å². The molecule has 0 bridgehead atoms. The molecule has 0 aromatic heterocycles. The normalized spacial score (nSPS) is 48.9. The second-order valence-corrected chi connectivity index (χ2v) is 12.5. The Morgan fingerprint density at radius 2 is 1.83 bits per heavy atom. The third-order valence-electron chi connectivity index (χ3n) is 11.0. The fourth-order valence-corrected chi connectivity index (χ4v) is 8.84. The Bertz CT molecular complexity index is 661. The summed E-state index contributed by atoms with van der Waals surface area (Å²) < 4.78 is 0. The second-order valence-electron chi connectivity index (χ2n) is 12.5. The third kappa shape index (κ3) is 3.36. The Balaban J connectivity index is 1.27. The minimum atomic E-state index is -0.402. The van der Waals surface area contributed by atoms with E-state index in [-0.39, 0.29) is 6.10 Å². The fraction of sp³-hybridized carbons (Fsp3) is 0.926. The van der Waals surface area contributed by atoms with Gasteiger partial charge in [-0.25, -0.2) is 0 Å². The van der Waals surface area contributed by atoms with Crippen LogP contribution in [0.5, 0.6) is 0 Å². The van der Waals surface area contributed by atoms with Crippen molar-refractivity contribution in [3.63, 3.8) is 0 Å². The molecule has 2 nitrogen and oxygen atoms in total. The first kappa shape index (κ1) is 20.6. The maximum atomic E-state index is 10.7. The van der Waals surface area contributed by atoms with E-state index in [9.17, 15) is 10.2 Å². The van der Waals surface area contributed by atoms with Crippen molar-refractivity contribution < 1.29 is 10.2 Å². The first-order valence-corrected chi connectivity index (χ1v) is 12.8. The highest BCUT2D eigenvalue weighted by molar-refractivity contribution is 5.25. The Morgan fingerprint density at radius 3 is 2.59 bits per heavy atom. The SMILES string of the molecule is CC12CCC(O)CC1=CC[C@@H]1C2CCC2(C)C(CCC[C@@](C)(O)C3CC3)CCC12. The van der Waals surface area contributed by atoms with Crippen LogP contribution < -0.4 is 0 Å². The lowest BCUT2D eigenvalue weighted by molar-refractivity contribution is -0.0519. The van der Waals surface area contributed by atoms with Crippen molar-refractivity contribution in [2.75, 3.05) is 0 Å². The van der Waals surface area contributed by atoms with Gasteiger partial charge in [-0.15, -0.1) is 0 Å². The molecule has 0 aromatic carbocycles. The summed E-state index contributed by atoms with van der Waals surface area (Å²) in [6, 6.07) is 0. The van der Waals surface area contributed by atoms with Gasteiger partial charge in [0.25, 0.3) is 0 Å². The molecule has 5 aliphatic rings. The lowest BCUT2D eigenvalue weighted by Gasteiger charge is -2.58. The predicted molar refractivity (Wildman–Crippen MR) is 118 cm³/mol. The molecule has 0 amide bonds. The molecule has 2 N–H and O–H groups in total. The number of allylic oxidation sites excluding steroid dienone is 1. The zero-order valence-corrected chi connectivity index (χ0v) is 19.1. The third-order valence-corrected chi connectivity index (χ3v) is 11.0. The van der Waals surface area contributed by atoms with E-state index in [0.717, 1.165) is 42.9 Å². The van der Waals surface area contributed by atoms with Crippen LogP contribution >= 0.6 is 0 Å². The van der Waals surface area contributed by atoms with E-state index in [1.54, 1.807) is 5.57 Å². The van der Waals surface area contributed by atoms with Crippen LogP contribution in [-0.4, -0.2) is 21.9 Å². The van der Waals surface area contributed by atoms with Crippen molar-refractivity contribution in [2.24, 2.45) is 40.4 Å². The first-order valence-electron chi connectivity index (χ1n) is 12.8. The fourth-order valence-electron chi connectivity index (χ4n) is 8.84. The van der Waals surface area contributed by atoms with Crippen LogP contribution in [0.2, 0.25) is 0 Å². The summed E-state index contributed by atoms with van der Waals surface area (Å²) >= 11 is 0. The Kier molecular flexibility index (Phi) is 5.03. The topological polar surface area (TPSA) is 40.5 Å². The maximum absolute atomic E-state index is 10.7. The molecule has 0 aliphatic heterocycles. The first-order chi connectivity index (χ1) is 13.7. The van der Waals surface area contributed by atoms with Crippen LogP contribution in [0, 0.1) is 40.4 Å². The maximum Gasteiger partial charge on any atom is 0.0647 e. The Morgan fingerprint density at radius 1 is 1.03 bits per heavy atom.